The average Bonchev–Trinajstić information content (AvgIpc) is 1.69. The number of nitrogens with two attached hydrogens (primary N) is 1. The predicted octanol–water partition coefficient (Wildman–Crippen LogP) is -0.896. The number of rotatable bonds is 3. The summed E-state index contributed by atoms with van der Waals surface area (Å²) in [5, 5.41) is 3.06. The second kappa shape index (κ2) is 4.94. The Morgan fingerprint density at radius 2 is 2.57 bits per heavy atom. The molecule has 0 aromatic heterocycles. The summed E-state index contributed by atoms with van der Waals surface area (Å²) >= 11 is 0. The van der Waals surface area contributed by atoms with E-state index in [1.807, 2.05) is 0 Å². The summed E-state index contributed by atoms with van der Waals surface area (Å²) in [5.41, 5.74) is 0. The normalized spacial score (nSPS) is 9.14. The third-order valence-corrected chi connectivity index (χ3v) is 0.344. The molecule has 0 aliphatic heterocycles. The fraction of sp³-hybridized carbons (Fsp3) is 0.333. The number of hydrazone groups is 1. The van der Waals surface area contributed by atoms with Crippen LogP contribution in [0.15, 0.2) is 5.10 Å². The molecule has 2 N–H and O–H groups in total. The maximum absolute atomic E-state index is 9.35. The molecule has 0 spiro atoms. The summed E-state index contributed by atoms with van der Waals surface area (Å²) in [6.45, 7) is 0.488. The molecule has 0 aromatic carbocycles. The van der Waals surface area contributed by atoms with Gasteiger partial charge in [0.25, 0.3) is 6.47 Å². The van der Waals surface area contributed by atoms with Crippen LogP contribution in [0.3, 0.4) is 0 Å². The molecule has 0 amide bonds. The number of hydrogen-bond acceptors (Lipinski definition) is 4. The maximum atomic E-state index is 9.35. The largest absolute Gasteiger partial charge is 0.462 e. The van der Waals surface area contributed by atoms with E-state index in [1.54, 1.807) is 0 Å². The van der Waals surface area contributed by atoms with Crippen LogP contribution in [0.4, 0.5) is 0 Å². The van der Waals surface area contributed by atoms with Gasteiger partial charge in [0.05, 0.1) is 6.21 Å². The second-order valence-corrected chi connectivity index (χ2v) is 0.761. The van der Waals surface area contributed by atoms with E-state index < -0.39 is 0 Å². The van der Waals surface area contributed by atoms with Crippen molar-refractivity contribution in [3.63, 3.8) is 0 Å². The van der Waals surface area contributed by atoms with Gasteiger partial charge in [-0.05, 0) is 0 Å². The Bertz CT molecular complexity index is 71.3. The van der Waals surface area contributed by atoms with Gasteiger partial charge in [-0.15, -0.1) is 0 Å². The third kappa shape index (κ3) is 4.94. The molecule has 0 fully saturated rings. The molecule has 0 aromatic rings. The van der Waals surface area contributed by atoms with Gasteiger partial charge in [0.2, 0.25) is 0 Å². The van der Waals surface area contributed by atoms with Crippen LogP contribution in [-0.4, -0.2) is 19.3 Å². The van der Waals surface area contributed by atoms with Crippen molar-refractivity contribution in [2.45, 2.75) is 0 Å². The molecule has 0 aliphatic carbocycles. The summed E-state index contributed by atoms with van der Waals surface area (Å²) in [4.78, 5) is 9.35. The van der Waals surface area contributed by atoms with Crippen LogP contribution < -0.4 is 5.84 Å². The average molecular weight is 102 g/mol. The minimum atomic E-state index is 0.153. The second-order valence-electron chi connectivity index (χ2n) is 0.761. The van der Waals surface area contributed by atoms with Crippen LogP contribution in [-0.2, 0) is 9.53 Å². The lowest BCUT2D eigenvalue weighted by atomic mass is 10.8. The Morgan fingerprint density at radius 1 is 1.86 bits per heavy atom. The van der Waals surface area contributed by atoms with Crippen molar-refractivity contribution in [2.75, 3.05) is 6.61 Å². The molecule has 0 heterocycles. The van der Waals surface area contributed by atoms with Crippen LogP contribution in [0, 0.1) is 0 Å². The van der Waals surface area contributed by atoms with Gasteiger partial charge in [0, 0.05) is 0 Å². The fourth-order valence-corrected chi connectivity index (χ4v) is 0.125. The van der Waals surface area contributed by atoms with Gasteiger partial charge in [-0.25, -0.2) is 0 Å². The molecule has 4 heteroatoms. The Morgan fingerprint density at radius 3 is 3.00 bits per heavy atom. The van der Waals surface area contributed by atoms with Crippen LogP contribution in [0.2, 0.25) is 0 Å². The summed E-state index contributed by atoms with van der Waals surface area (Å²) in [6, 6.07) is 0. The van der Waals surface area contributed by atoms with Gasteiger partial charge in [0.1, 0.15) is 6.61 Å². The van der Waals surface area contributed by atoms with Gasteiger partial charge < -0.3 is 10.6 Å². The van der Waals surface area contributed by atoms with Crippen molar-refractivity contribution in [2.24, 2.45) is 10.9 Å². The molecule has 0 atom stereocenters. The molecule has 7 heavy (non-hydrogen) atoms. The number of ether oxygens (including phenoxy) is 1. The highest BCUT2D eigenvalue weighted by Crippen LogP contribution is 1.56. The van der Waals surface area contributed by atoms with Gasteiger partial charge in [-0.2, -0.15) is 5.10 Å². The number of carbonyl (C=O) groups excluding carboxylic acids is 1. The number of nitrogens with zero attached hydrogens (tertiary/aromatic N) is 1. The van der Waals surface area contributed by atoms with Crippen molar-refractivity contribution in [3.8, 4) is 0 Å². The number of hydrogen-bond donors (Lipinski definition) is 1. The lowest BCUT2D eigenvalue weighted by Crippen LogP contribution is -1.93. The molecule has 0 rings (SSSR count). The zero-order valence-electron chi connectivity index (χ0n) is 3.70. The van der Waals surface area contributed by atoms with Gasteiger partial charge in [-0.1, -0.05) is 0 Å². The van der Waals surface area contributed by atoms with E-state index in [9.17, 15) is 4.79 Å². The fourth-order valence-electron chi connectivity index (χ4n) is 0.125. The smallest absolute Gasteiger partial charge is 0.293 e. The monoisotopic (exact) mass is 102 g/mol. The molecular weight excluding hydrogens is 96.0 g/mol. The van der Waals surface area contributed by atoms with E-state index >= 15 is 0 Å². The quantitative estimate of drug-likeness (QED) is 0.165. The lowest BCUT2D eigenvalue weighted by Gasteiger charge is -1.83. The van der Waals surface area contributed by atoms with Crippen molar-refractivity contribution >= 4 is 12.7 Å². The maximum Gasteiger partial charge on any atom is 0.293 e. The topological polar surface area (TPSA) is 64.7 Å². The minimum absolute atomic E-state index is 0.153. The molecule has 0 aliphatic rings. The first-order chi connectivity index (χ1) is 3.41. The van der Waals surface area contributed by atoms with E-state index in [-0.39, 0.29) is 6.61 Å². The zero-order chi connectivity index (χ0) is 5.54. The highest BCUT2D eigenvalue weighted by molar-refractivity contribution is 5.59. The van der Waals surface area contributed by atoms with Crippen molar-refractivity contribution in [1.29, 1.82) is 0 Å². The van der Waals surface area contributed by atoms with Gasteiger partial charge >= 0.3 is 0 Å². The molecule has 40 valence electrons. The van der Waals surface area contributed by atoms with E-state index in [0.717, 1.165) is 0 Å². The van der Waals surface area contributed by atoms with Crippen LogP contribution in [0.5, 0.6) is 0 Å². The van der Waals surface area contributed by atoms with E-state index in [0.29, 0.717) is 6.47 Å². The van der Waals surface area contributed by atoms with E-state index in [1.165, 1.54) is 6.21 Å². The first kappa shape index (κ1) is 5.94. The van der Waals surface area contributed by atoms with Crippen molar-refractivity contribution < 1.29 is 9.53 Å². The first-order valence-corrected chi connectivity index (χ1v) is 1.68. The van der Waals surface area contributed by atoms with Crippen LogP contribution in [0.25, 0.3) is 0 Å². The van der Waals surface area contributed by atoms with Crippen molar-refractivity contribution in [3.05, 3.63) is 0 Å². The van der Waals surface area contributed by atoms with Crippen molar-refractivity contribution in [1.82, 2.24) is 0 Å². The highest BCUT2D eigenvalue weighted by Gasteiger charge is 1.70. The van der Waals surface area contributed by atoms with Gasteiger partial charge in [-0.3, -0.25) is 4.79 Å². The van der Waals surface area contributed by atoms with Crippen LogP contribution in [0.1, 0.15) is 0 Å². The SMILES string of the molecule is NN=CCOC=O. The lowest BCUT2D eigenvalue weighted by molar-refractivity contribution is -0.127. The van der Waals surface area contributed by atoms with Crippen LogP contribution >= 0.6 is 0 Å². The third-order valence-electron chi connectivity index (χ3n) is 0.344. The Labute approximate surface area is 40.9 Å². The standard InChI is InChI=1S/C3H6N2O2/c4-5-1-2-7-3-6/h1,3H,2,4H2. The minimum Gasteiger partial charge on any atom is -0.462 e. The molecule has 0 radical (unpaired) electrons. The number of carbonyl (C=O) groups is 1. The molecular formula is C3H6N2O2. The zero-order valence-corrected chi connectivity index (χ0v) is 3.70. The van der Waals surface area contributed by atoms with E-state index in [4.69, 9.17) is 0 Å². The van der Waals surface area contributed by atoms with E-state index in [2.05, 4.69) is 15.7 Å². The van der Waals surface area contributed by atoms with Gasteiger partial charge in [0.15, 0.2) is 0 Å². The summed E-state index contributed by atoms with van der Waals surface area (Å²) in [6.07, 6.45) is 1.29. The molecule has 0 saturated carbocycles. The Kier molecular flexibility index (Phi) is 4.19. The first-order valence-electron chi connectivity index (χ1n) is 1.68. The highest BCUT2D eigenvalue weighted by atomic mass is 16.5. The molecule has 0 bridgehead atoms. The molecule has 4 nitrogen and oxygen atoms in total. The molecule has 0 saturated heterocycles. The summed E-state index contributed by atoms with van der Waals surface area (Å²) in [5.74, 6) is 4.64. The Balaban J connectivity index is 2.82. The predicted molar refractivity (Wildman–Crippen MR) is 24.7 cm³/mol. The Hall–Kier alpha value is -1.06. The summed E-state index contributed by atoms with van der Waals surface area (Å²) < 4.78 is 4.16. The summed E-state index contributed by atoms with van der Waals surface area (Å²) in [7, 11) is 0. The molecule has 0 unspecified atom stereocenters.